The van der Waals surface area contributed by atoms with Crippen molar-refractivity contribution in [1.29, 1.82) is 0 Å². The number of ether oxygens (including phenoxy) is 4. The van der Waals surface area contributed by atoms with Gasteiger partial charge in [0.1, 0.15) is 67.4 Å². The van der Waals surface area contributed by atoms with Gasteiger partial charge < -0.3 is 76.6 Å². The molecule has 0 aromatic rings. The number of aliphatic hydroxyl groups excluding tert-OH is 5. The van der Waals surface area contributed by atoms with Gasteiger partial charge in [-0.15, -0.1) is 0 Å². The molecule has 442 valence electrons. The van der Waals surface area contributed by atoms with Crippen LogP contribution < -0.4 is 27.0 Å². The molecule has 2 heterocycles. The molecular weight excluding hydrogens is 987 g/mol. The van der Waals surface area contributed by atoms with Crippen LogP contribution in [0.3, 0.4) is 0 Å². The van der Waals surface area contributed by atoms with Crippen molar-refractivity contribution < 1.29 is 78.4 Å². The Morgan fingerprint density at radius 2 is 1.05 bits per heavy atom. The van der Waals surface area contributed by atoms with Crippen molar-refractivity contribution in [3.05, 3.63) is 0 Å². The van der Waals surface area contributed by atoms with Crippen molar-refractivity contribution in [3.8, 4) is 0 Å². The molecule has 12 atom stereocenters. The van der Waals surface area contributed by atoms with Crippen LogP contribution in [0.2, 0.25) is 0 Å². The summed E-state index contributed by atoms with van der Waals surface area (Å²) in [6.07, 6.45) is 15.6. The third kappa shape index (κ3) is 26.9. The first-order valence-electron chi connectivity index (χ1n) is 29.0. The maximum absolute atomic E-state index is 14.5. The van der Waals surface area contributed by atoms with Crippen LogP contribution in [-0.2, 0) is 47.7 Å². The number of hydrogen-bond donors (Lipinski definition) is 11. The number of aliphatic carboxylic acids is 1. The minimum atomic E-state index is -1.83. The molecule has 76 heavy (non-hydrogen) atoms. The lowest BCUT2D eigenvalue weighted by Crippen LogP contribution is -2.69. The second-order valence-corrected chi connectivity index (χ2v) is 21.1. The Balaban J connectivity index is 2.30. The monoisotopic (exact) mass is 1090 g/mol. The van der Waals surface area contributed by atoms with Crippen molar-refractivity contribution in [2.45, 2.75) is 287 Å². The number of rotatable bonds is 44. The van der Waals surface area contributed by atoms with Crippen LogP contribution in [0.5, 0.6) is 0 Å². The Morgan fingerprint density at radius 3 is 1.49 bits per heavy atom. The highest BCUT2D eigenvalue weighted by Gasteiger charge is 2.52. The Bertz CT molecular complexity index is 1600. The van der Waals surface area contributed by atoms with Crippen LogP contribution in [-0.4, -0.2) is 159 Å². The first kappa shape index (κ1) is 68.6. The normalized spacial score (nSPS) is 24.4. The molecule has 0 spiro atoms. The van der Waals surface area contributed by atoms with Gasteiger partial charge in [-0.1, -0.05) is 175 Å². The summed E-state index contributed by atoms with van der Waals surface area (Å²) in [6, 6.07) is -5.52. The van der Waals surface area contributed by atoms with Crippen LogP contribution in [0.25, 0.3) is 0 Å². The standard InChI is InChI=1S/C55H101N5O16/c1-5-8-10-12-14-16-18-20-22-24-26-28-30-38(31-29-27-25-23-21-19-17-15-13-11-9-6-2)52(70)60-45-48(68)47(67)41(34-61)75-55(45)76-49-42(35-62)74-54(72)46(57-37(4)63)50(49)73-36-43(64)58-39(7-3)53(71)59-40(51(56)69)32-33-44(65)66/h38-42,45-50,54-55,61-62,67-68,72H,5-36H2,1-4H3,(H2,56,69)(H,57,63)(H,58,64)(H,59,71)(H,60,70)(H,65,66)/t39-,40+,41+,42+,45+,46+,47+,48+,49+,50+,54?,55-/m0/s1. The van der Waals surface area contributed by atoms with E-state index in [1.807, 2.05) is 0 Å². The van der Waals surface area contributed by atoms with E-state index >= 15 is 0 Å². The third-order valence-electron chi connectivity index (χ3n) is 14.7. The number of unbranched alkanes of at least 4 members (excludes halogenated alkanes) is 22. The van der Waals surface area contributed by atoms with E-state index in [2.05, 4.69) is 35.1 Å². The summed E-state index contributed by atoms with van der Waals surface area (Å²) in [6.45, 7) is 4.71. The van der Waals surface area contributed by atoms with Crippen molar-refractivity contribution in [2.75, 3.05) is 19.8 Å². The smallest absolute Gasteiger partial charge is 0.303 e. The Labute approximate surface area is 452 Å². The van der Waals surface area contributed by atoms with Crippen molar-refractivity contribution in [2.24, 2.45) is 11.7 Å². The third-order valence-corrected chi connectivity index (χ3v) is 14.7. The van der Waals surface area contributed by atoms with Gasteiger partial charge >= 0.3 is 5.97 Å². The number of carboxylic acid groups (broad SMARTS) is 1. The Hall–Kier alpha value is -3.54. The zero-order chi connectivity index (χ0) is 56.3. The van der Waals surface area contributed by atoms with E-state index in [0.29, 0.717) is 12.8 Å². The molecule has 2 aliphatic rings. The average molecular weight is 1090 g/mol. The number of aliphatic hydroxyl groups is 5. The molecule has 0 aliphatic carbocycles. The Kier molecular flexibility index (Phi) is 36.6. The summed E-state index contributed by atoms with van der Waals surface area (Å²) in [5.41, 5.74) is 5.37. The van der Waals surface area contributed by atoms with Crippen LogP contribution in [0.1, 0.15) is 214 Å². The van der Waals surface area contributed by atoms with Crippen molar-refractivity contribution >= 4 is 35.5 Å². The SMILES string of the molecule is CCCCCCCCCCCCCCC(CCCCCCCCCCCCCC)C(=O)N[C@H]1[C@H](O[C@H]2[C@H](OCC(=O)N[C@@H](CC)C(=O)N[C@H](CCC(=O)O)C(N)=O)[C@@H](NC(C)=O)C(O)O[C@@H]2CO)O[C@H](CO)[C@@H](O)[C@@H]1O. The average Bonchev–Trinajstić information content (AvgIpc) is 3.38. The molecular formula is C55H101N5O16. The summed E-state index contributed by atoms with van der Waals surface area (Å²) < 4.78 is 24.1. The summed E-state index contributed by atoms with van der Waals surface area (Å²) in [4.78, 5) is 76.6. The van der Waals surface area contributed by atoms with Crippen LogP contribution in [0.4, 0.5) is 0 Å². The molecule has 21 nitrogen and oxygen atoms in total. The van der Waals surface area contributed by atoms with Crippen molar-refractivity contribution in [1.82, 2.24) is 21.3 Å². The molecule has 0 aromatic carbocycles. The van der Waals surface area contributed by atoms with Gasteiger partial charge in [0.2, 0.25) is 29.5 Å². The molecule has 2 rings (SSSR count). The number of carbonyl (C=O) groups is 6. The maximum atomic E-state index is 14.5. The highest BCUT2D eigenvalue weighted by Crippen LogP contribution is 2.31. The van der Waals surface area contributed by atoms with Gasteiger partial charge in [0.25, 0.3) is 0 Å². The first-order chi connectivity index (χ1) is 36.5. The summed E-state index contributed by atoms with van der Waals surface area (Å²) >= 11 is 0. The fraction of sp³-hybridized carbons (Fsp3) is 0.891. The quantitative estimate of drug-likeness (QED) is 0.0376. The molecule has 0 bridgehead atoms. The molecule has 2 fully saturated rings. The Morgan fingerprint density at radius 1 is 0.566 bits per heavy atom. The predicted molar refractivity (Wildman–Crippen MR) is 285 cm³/mol. The molecule has 0 saturated carbocycles. The lowest BCUT2D eigenvalue weighted by molar-refractivity contribution is -0.331. The fourth-order valence-electron chi connectivity index (χ4n) is 10.1. The predicted octanol–water partition coefficient (Wildman–Crippen LogP) is 4.42. The summed E-state index contributed by atoms with van der Waals surface area (Å²) in [5.74, 6) is -5.44. The van der Waals surface area contributed by atoms with Gasteiger partial charge in [0.05, 0.1) is 13.2 Å². The number of carbonyl (C=O) groups excluding carboxylic acids is 5. The molecule has 2 saturated heterocycles. The molecule has 0 radical (unpaired) electrons. The van der Waals surface area contributed by atoms with E-state index in [0.717, 1.165) is 58.3 Å². The number of carboxylic acids is 1. The molecule has 2 aliphatic heterocycles. The van der Waals surface area contributed by atoms with Crippen LogP contribution >= 0.6 is 0 Å². The minimum Gasteiger partial charge on any atom is -0.481 e. The molecule has 0 aromatic heterocycles. The highest BCUT2D eigenvalue weighted by molar-refractivity contribution is 5.92. The molecule has 1 unspecified atom stereocenters. The van der Waals surface area contributed by atoms with E-state index in [1.54, 1.807) is 6.92 Å². The van der Waals surface area contributed by atoms with Gasteiger partial charge in [-0.3, -0.25) is 28.8 Å². The van der Waals surface area contributed by atoms with Gasteiger partial charge in [-0.05, 0) is 25.7 Å². The van der Waals surface area contributed by atoms with Crippen LogP contribution in [0.15, 0.2) is 0 Å². The summed E-state index contributed by atoms with van der Waals surface area (Å²) in [5, 5.41) is 73.9. The lowest BCUT2D eigenvalue weighted by atomic mass is 9.91. The number of amides is 5. The number of nitrogens with two attached hydrogens (primary N) is 1. The number of nitrogens with one attached hydrogen (secondary N) is 4. The number of primary amides is 1. The maximum Gasteiger partial charge on any atom is 0.303 e. The second kappa shape index (κ2) is 40.6. The van der Waals surface area contributed by atoms with Gasteiger partial charge in [-0.25, -0.2) is 0 Å². The molecule has 5 amide bonds. The lowest BCUT2D eigenvalue weighted by Gasteiger charge is -2.48. The van der Waals surface area contributed by atoms with Crippen LogP contribution in [0, 0.1) is 5.92 Å². The van der Waals surface area contributed by atoms with Gasteiger partial charge in [0, 0.05) is 19.3 Å². The minimum absolute atomic E-state index is 0.0106. The number of hydrogen-bond acceptors (Lipinski definition) is 15. The second-order valence-electron chi connectivity index (χ2n) is 21.1. The van der Waals surface area contributed by atoms with E-state index < -0.39 is 141 Å². The molecule has 21 heteroatoms. The highest BCUT2D eigenvalue weighted by atomic mass is 16.7. The zero-order valence-electron chi connectivity index (χ0n) is 46.5. The van der Waals surface area contributed by atoms with E-state index in [4.69, 9.17) is 29.8 Å². The van der Waals surface area contributed by atoms with E-state index in [1.165, 1.54) is 103 Å². The largest absolute Gasteiger partial charge is 0.481 e. The van der Waals surface area contributed by atoms with Gasteiger partial charge in [0.15, 0.2) is 12.6 Å². The van der Waals surface area contributed by atoms with E-state index in [9.17, 15) is 54.3 Å². The van der Waals surface area contributed by atoms with Gasteiger partial charge in [-0.2, -0.15) is 0 Å². The fourth-order valence-corrected chi connectivity index (χ4v) is 10.1. The topological polar surface area (TPSA) is 335 Å². The zero-order valence-corrected chi connectivity index (χ0v) is 46.5. The molecule has 12 N–H and O–H groups in total. The first-order valence-corrected chi connectivity index (χ1v) is 29.0. The van der Waals surface area contributed by atoms with E-state index in [-0.39, 0.29) is 12.8 Å². The van der Waals surface area contributed by atoms with Crippen molar-refractivity contribution in [3.63, 3.8) is 0 Å². The summed E-state index contributed by atoms with van der Waals surface area (Å²) in [7, 11) is 0.